The molecular formula is C13H15NO3S. The molecule has 4 nitrogen and oxygen atoms in total. The lowest BCUT2D eigenvalue weighted by Gasteiger charge is -2.32. The summed E-state index contributed by atoms with van der Waals surface area (Å²) in [7, 11) is 0. The van der Waals surface area contributed by atoms with Gasteiger partial charge in [-0.2, -0.15) is 0 Å². The molecule has 2 rings (SSSR count). The van der Waals surface area contributed by atoms with Crippen LogP contribution in [0.25, 0.3) is 0 Å². The second-order valence-corrected chi connectivity index (χ2v) is 5.43. The SMILES string of the molecule is Cc1ccc(N2C(=O)CSCC2C(=O)O)cc1C. The molecule has 0 radical (unpaired) electrons. The first kappa shape index (κ1) is 13.0. The van der Waals surface area contributed by atoms with Crippen molar-refractivity contribution in [1.82, 2.24) is 0 Å². The maximum Gasteiger partial charge on any atom is 0.327 e. The van der Waals surface area contributed by atoms with Gasteiger partial charge in [0, 0.05) is 11.4 Å². The summed E-state index contributed by atoms with van der Waals surface area (Å²) >= 11 is 1.37. The predicted molar refractivity (Wildman–Crippen MR) is 72.2 cm³/mol. The standard InChI is InChI=1S/C13H15NO3S/c1-8-3-4-10(5-9(8)2)14-11(13(16)17)6-18-7-12(14)15/h3-5,11H,6-7H2,1-2H3,(H,16,17). The predicted octanol–water partition coefficient (Wildman–Crippen LogP) is 1.84. The van der Waals surface area contributed by atoms with E-state index in [2.05, 4.69) is 0 Å². The minimum Gasteiger partial charge on any atom is -0.480 e. The van der Waals surface area contributed by atoms with Crippen molar-refractivity contribution in [2.45, 2.75) is 19.9 Å². The summed E-state index contributed by atoms with van der Waals surface area (Å²) in [4.78, 5) is 24.6. The third-order valence-electron chi connectivity index (χ3n) is 3.14. The number of rotatable bonds is 2. The van der Waals surface area contributed by atoms with Crippen molar-refractivity contribution in [3.63, 3.8) is 0 Å². The molecule has 1 aromatic rings. The zero-order chi connectivity index (χ0) is 13.3. The Morgan fingerprint density at radius 2 is 2.11 bits per heavy atom. The molecule has 0 saturated carbocycles. The molecule has 1 N–H and O–H groups in total. The fraction of sp³-hybridized carbons (Fsp3) is 0.385. The molecule has 0 aliphatic carbocycles. The monoisotopic (exact) mass is 265 g/mol. The molecule has 1 atom stereocenters. The number of aryl methyl sites for hydroxylation is 2. The van der Waals surface area contributed by atoms with Gasteiger partial charge in [-0.05, 0) is 37.1 Å². The summed E-state index contributed by atoms with van der Waals surface area (Å²) in [5.74, 6) is -0.305. The van der Waals surface area contributed by atoms with Gasteiger partial charge in [0.25, 0.3) is 0 Å². The van der Waals surface area contributed by atoms with Crippen LogP contribution in [0.15, 0.2) is 18.2 Å². The van der Waals surface area contributed by atoms with E-state index in [1.165, 1.54) is 16.7 Å². The second kappa shape index (κ2) is 5.02. The van der Waals surface area contributed by atoms with Gasteiger partial charge in [0.2, 0.25) is 5.91 Å². The van der Waals surface area contributed by atoms with Crippen LogP contribution in [0.3, 0.4) is 0 Å². The Morgan fingerprint density at radius 3 is 2.72 bits per heavy atom. The molecule has 1 amide bonds. The highest BCUT2D eigenvalue weighted by Gasteiger charge is 2.34. The van der Waals surface area contributed by atoms with Gasteiger partial charge in [0.15, 0.2) is 0 Å². The van der Waals surface area contributed by atoms with Crippen LogP contribution >= 0.6 is 11.8 Å². The molecule has 1 aliphatic heterocycles. The Balaban J connectivity index is 2.40. The van der Waals surface area contributed by atoms with Gasteiger partial charge < -0.3 is 5.11 Å². The molecule has 1 aliphatic rings. The Bertz CT molecular complexity index is 501. The molecule has 1 heterocycles. The molecule has 1 saturated heterocycles. The first-order valence-electron chi connectivity index (χ1n) is 5.70. The Morgan fingerprint density at radius 1 is 1.39 bits per heavy atom. The summed E-state index contributed by atoms with van der Waals surface area (Å²) < 4.78 is 0. The Kier molecular flexibility index (Phi) is 3.61. The van der Waals surface area contributed by atoms with Crippen molar-refractivity contribution in [2.24, 2.45) is 0 Å². The number of anilines is 1. The fourth-order valence-corrected chi connectivity index (χ4v) is 2.90. The van der Waals surface area contributed by atoms with Gasteiger partial charge in [-0.15, -0.1) is 11.8 Å². The zero-order valence-corrected chi connectivity index (χ0v) is 11.2. The van der Waals surface area contributed by atoms with E-state index in [0.717, 1.165) is 11.1 Å². The summed E-state index contributed by atoms with van der Waals surface area (Å²) in [6.07, 6.45) is 0. The molecule has 18 heavy (non-hydrogen) atoms. The minimum absolute atomic E-state index is 0.137. The van der Waals surface area contributed by atoms with E-state index in [0.29, 0.717) is 17.2 Å². The number of hydrogen-bond donors (Lipinski definition) is 1. The molecule has 0 aromatic heterocycles. The van der Waals surface area contributed by atoms with Crippen molar-refractivity contribution in [3.05, 3.63) is 29.3 Å². The quantitative estimate of drug-likeness (QED) is 0.886. The second-order valence-electron chi connectivity index (χ2n) is 4.40. The van der Waals surface area contributed by atoms with Gasteiger partial charge in [0.1, 0.15) is 6.04 Å². The normalized spacial score (nSPS) is 20.0. The number of aliphatic carboxylic acids is 1. The highest BCUT2D eigenvalue weighted by Crippen LogP contribution is 2.26. The fourth-order valence-electron chi connectivity index (χ4n) is 1.96. The highest BCUT2D eigenvalue weighted by atomic mass is 32.2. The smallest absolute Gasteiger partial charge is 0.327 e. The van der Waals surface area contributed by atoms with E-state index in [-0.39, 0.29) is 5.91 Å². The van der Waals surface area contributed by atoms with Crippen LogP contribution in [0, 0.1) is 13.8 Å². The molecule has 1 aromatic carbocycles. The van der Waals surface area contributed by atoms with E-state index in [4.69, 9.17) is 0 Å². The maximum absolute atomic E-state index is 11.9. The highest BCUT2D eigenvalue weighted by molar-refractivity contribution is 8.00. The van der Waals surface area contributed by atoms with E-state index in [1.807, 2.05) is 32.0 Å². The number of hydrogen-bond acceptors (Lipinski definition) is 3. The number of carboxylic acids is 1. The van der Waals surface area contributed by atoms with E-state index >= 15 is 0 Å². The first-order valence-corrected chi connectivity index (χ1v) is 6.86. The number of thioether (sulfide) groups is 1. The Hall–Kier alpha value is -1.49. The average molecular weight is 265 g/mol. The molecular weight excluding hydrogens is 250 g/mol. The van der Waals surface area contributed by atoms with Gasteiger partial charge in [0.05, 0.1) is 5.75 Å². The van der Waals surface area contributed by atoms with Gasteiger partial charge in [-0.1, -0.05) is 6.07 Å². The lowest BCUT2D eigenvalue weighted by molar-refractivity contribution is -0.139. The number of nitrogens with zero attached hydrogens (tertiary/aromatic N) is 1. The number of carbonyl (C=O) groups excluding carboxylic acids is 1. The van der Waals surface area contributed by atoms with Gasteiger partial charge >= 0.3 is 5.97 Å². The summed E-state index contributed by atoms with van der Waals surface area (Å²) in [5, 5.41) is 9.20. The summed E-state index contributed by atoms with van der Waals surface area (Å²) in [5.41, 5.74) is 2.86. The number of carbonyl (C=O) groups is 2. The molecule has 5 heteroatoms. The van der Waals surface area contributed by atoms with Crippen LogP contribution in [0.4, 0.5) is 5.69 Å². The van der Waals surface area contributed by atoms with Crippen molar-refractivity contribution >= 4 is 29.3 Å². The Labute approximate surface area is 110 Å². The lowest BCUT2D eigenvalue weighted by Crippen LogP contribution is -2.51. The van der Waals surface area contributed by atoms with Crippen molar-refractivity contribution in [1.29, 1.82) is 0 Å². The van der Waals surface area contributed by atoms with Crippen molar-refractivity contribution in [3.8, 4) is 0 Å². The first-order chi connectivity index (χ1) is 8.50. The van der Waals surface area contributed by atoms with Crippen LogP contribution in [0.5, 0.6) is 0 Å². The summed E-state index contributed by atoms with van der Waals surface area (Å²) in [6, 6.07) is 4.84. The van der Waals surface area contributed by atoms with E-state index in [1.54, 1.807) is 0 Å². The maximum atomic E-state index is 11.9. The average Bonchev–Trinajstić information content (AvgIpc) is 2.32. The minimum atomic E-state index is -0.950. The number of benzene rings is 1. The van der Waals surface area contributed by atoms with Gasteiger partial charge in [-0.25, -0.2) is 4.79 Å². The van der Waals surface area contributed by atoms with Crippen molar-refractivity contribution < 1.29 is 14.7 Å². The van der Waals surface area contributed by atoms with Crippen molar-refractivity contribution in [2.75, 3.05) is 16.4 Å². The van der Waals surface area contributed by atoms with Crippen LogP contribution in [-0.2, 0) is 9.59 Å². The molecule has 0 bridgehead atoms. The van der Waals surface area contributed by atoms with Crippen LogP contribution in [0.1, 0.15) is 11.1 Å². The van der Waals surface area contributed by atoms with Crippen LogP contribution in [0.2, 0.25) is 0 Å². The molecule has 96 valence electrons. The van der Waals surface area contributed by atoms with E-state index in [9.17, 15) is 14.7 Å². The molecule has 1 unspecified atom stereocenters. The van der Waals surface area contributed by atoms with E-state index < -0.39 is 12.0 Å². The topological polar surface area (TPSA) is 57.6 Å². The van der Waals surface area contributed by atoms with Gasteiger partial charge in [-0.3, -0.25) is 9.69 Å². The van der Waals surface area contributed by atoms with Crippen LogP contribution in [-0.4, -0.2) is 34.5 Å². The van der Waals surface area contributed by atoms with Crippen LogP contribution < -0.4 is 4.90 Å². The number of carboxylic acid groups (broad SMARTS) is 1. The molecule has 1 fully saturated rings. The largest absolute Gasteiger partial charge is 0.480 e. The zero-order valence-electron chi connectivity index (χ0n) is 10.3. The summed E-state index contributed by atoms with van der Waals surface area (Å²) in [6.45, 7) is 3.94. The third-order valence-corrected chi connectivity index (χ3v) is 4.14. The molecule has 0 spiro atoms. The lowest BCUT2D eigenvalue weighted by atomic mass is 10.1. The third kappa shape index (κ3) is 2.36. The number of amides is 1.